The highest BCUT2D eigenvalue weighted by molar-refractivity contribution is 7.89. The number of carbonyl (C=O) groups is 1. The Morgan fingerprint density at radius 1 is 1.25 bits per heavy atom. The summed E-state index contributed by atoms with van der Waals surface area (Å²) in [5, 5.41) is 11.6. The second kappa shape index (κ2) is 7.40. The standard InChI is InChI=1S/C18H16N4O4S2/c23-8-7-21-28(25,26)12-3-1-11(2-4-12)19-9-13-16-14(22-18(13)24)5-6-15-17(16)27-10-20-15/h1-6,9-10,13,21,23H,7-8H2,(H,22,24). The molecule has 1 atom stereocenters. The Hall–Kier alpha value is -2.66. The van der Waals surface area contributed by atoms with Crippen molar-refractivity contribution >= 4 is 55.1 Å². The van der Waals surface area contributed by atoms with Crippen LogP contribution in [-0.4, -0.2) is 43.8 Å². The van der Waals surface area contributed by atoms with E-state index >= 15 is 0 Å². The minimum atomic E-state index is -3.67. The fraction of sp³-hybridized carbons (Fsp3) is 0.167. The van der Waals surface area contributed by atoms with Crippen molar-refractivity contribution in [2.45, 2.75) is 10.8 Å². The van der Waals surface area contributed by atoms with Gasteiger partial charge in [0, 0.05) is 24.0 Å². The van der Waals surface area contributed by atoms with Gasteiger partial charge in [-0.3, -0.25) is 9.79 Å². The molecule has 2 heterocycles. The Kier molecular flexibility index (Phi) is 4.94. The predicted molar refractivity (Wildman–Crippen MR) is 108 cm³/mol. The van der Waals surface area contributed by atoms with E-state index in [-0.39, 0.29) is 24.0 Å². The Balaban J connectivity index is 1.59. The number of nitrogens with one attached hydrogen (secondary N) is 2. The number of aliphatic hydroxyl groups is 1. The first-order valence-electron chi connectivity index (χ1n) is 8.41. The lowest BCUT2D eigenvalue weighted by Crippen LogP contribution is -2.26. The minimum Gasteiger partial charge on any atom is -0.395 e. The van der Waals surface area contributed by atoms with Crippen molar-refractivity contribution in [3.05, 3.63) is 47.5 Å². The highest BCUT2D eigenvalue weighted by atomic mass is 32.2. The molecule has 1 unspecified atom stereocenters. The highest BCUT2D eigenvalue weighted by Crippen LogP contribution is 2.39. The molecule has 8 nitrogen and oxygen atoms in total. The lowest BCUT2D eigenvalue weighted by Gasteiger charge is -2.06. The van der Waals surface area contributed by atoms with Crippen LogP contribution in [0.5, 0.6) is 0 Å². The van der Waals surface area contributed by atoms with Crippen molar-refractivity contribution in [2.24, 2.45) is 4.99 Å². The molecule has 0 bridgehead atoms. The fourth-order valence-electron chi connectivity index (χ4n) is 2.99. The molecule has 0 saturated heterocycles. The summed E-state index contributed by atoms with van der Waals surface area (Å²) in [7, 11) is -3.67. The van der Waals surface area contributed by atoms with Crippen LogP contribution in [0.1, 0.15) is 11.5 Å². The molecular formula is C18H16N4O4S2. The number of amides is 1. The molecule has 0 saturated carbocycles. The van der Waals surface area contributed by atoms with Crippen molar-refractivity contribution in [1.29, 1.82) is 0 Å². The van der Waals surface area contributed by atoms with Crippen molar-refractivity contribution in [1.82, 2.24) is 9.71 Å². The summed E-state index contributed by atoms with van der Waals surface area (Å²) >= 11 is 1.47. The molecule has 0 aliphatic carbocycles. The van der Waals surface area contributed by atoms with Gasteiger partial charge in [-0.1, -0.05) is 0 Å². The number of hydrogen-bond acceptors (Lipinski definition) is 7. The summed E-state index contributed by atoms with van der Waals surface area (Å²) in [4.78, 5) is 21.1. The number of nitrogens with zero attached hydrogens (tertiary/aromatic N) is 2. The van der Waals surface area contributed by atoms with E-state index in [2.05, 4.69) is 20.0 Å². The number of rotatable bonds is 6. The zero-order valence-corrected chi connectivity index (χ0v) is 16.1. The van der Waals surface area contributed by atoms with Crippen molar-refractivity contribution in [2.75, 3.05) is 18.5 Å². The van der Waals surface area contributed by atoms with E-state index in [4.69, 9.17) is 5.11 Å². The van der Waals surface area contributed by atoms with Gasteiger partial charge in [0.2, 0.25) is 15.9 Å². The first-order chi connectivity index (χ1) is 13.5. The Bertz CT molecular complexity index is 1170. The van der Waals surface area contributed by atoms with Gasteiger partial charge in [-0.25, -0.2) is 18.1 Å². The Morgan fingerprint density at radius 2 is 2.04 bits per heavy atom. The van der Waals surface area contributed by atoms with Gasteiger partial charge in [0.05, 0.1) is 32.9 Å². The maximum atomic E-state index is 12.4. The number of sulfonamides is 1. The molecular weight excluding hydrogens is 400 g/mol. The SMILES string of the molecule is O=C1Nc2ccc3ncsc3c2C1C=Nc1ccc(S(=O)(=O)NCCO)cc1. The number of aliphatic hydroxyl groups excluding tert-OH is 1. The van der Waals surface area contributed by atoms with Gasteiger partial charge >= 0.3 is 0 Å². The van der Waals surface area contributed by atoms with Gasteiger partial charge in [-0.2, -0.15) is 0 Å². The third kappa shape index (κ3) is 3.42. The van der Waals surface area contributed by atoms with Crippen molar-refractivity contribution in [3.8, 4) is 0 Å². The third-order valence-electron chi connectivity index (χ3n) is 4.31. The van der Waals surface area contributed by atoms with E-state index in [1.807, 2.05) is 12.1 Å². The van der Waals surface area contributed by atoms with Crippen molar-refractivity contribution < 1.29 is 18.3 Å². The predicted octanol–water partition coefficient (Wildman–Crippen LogP) is 2.01. The molecule has 0 fully saturated rings. The molecule has 1 amide bonds. The smallest absolute Gasteiger partial charge is 0.240 e. The number of aromatic nitrogens is 1. The average Bonchev–Trinajstić information content (AvgIpc) is 3.28. The van der Waals surface area contributed by atoms with E-state index in [0.717, 1.165) is 21.5 Å². The molecule has 1 aromatic heterocycles. The van der Waals surface area contributed by atoms with Crippen LogP contribution in [0.25, 0.3) is 10.2 Å². The van der Waals surface area contributed by atoms with Crippen molar-refractivity contribution in [3.63, 3.8) is 0 Å². The molecule has 0 spiro atoms. The second-order valence-corrected chi connectivity index (χ2v) is 8.71. The average molecular weight is 416 g/mol. The molecule has 144 valence electrons. The molecule has 28 heavy (non-hydrogen) atoms. The van der Waals surface area contributed by atoms with Gasteiger partial charge in [0.25, 0.3) is 0 Å². The number of benzene rings is 2. The van der Waals surface area contributed by atoms with Crippen LogP contribution in [0.4, 0.5) is 11.4 Å². The maximum absolute atomic E-state index is 12.4. The summed E-state index contributed by atoms with van der Waals surface area (Å²) in [5.41, 5.74) is 4.73. The van der Waals surface area contributed by atoms with Gasteiger partial charge in [-0.05, 0) is 36.4 Å². The van der Waals surface area contributed by atoms with E-state index in [1.165, 1.54) is 23.5 Å². The van der Waals surface area contributed by atoms with Crippen LogP contribution >= 0.6 is 11.3 Å². The molecule has 3 N–H and O–H groups in total. The number of fused-ring (bicyclic) bond motifs is 3. The van der Waals surface area contributed by atoms with Gasteiger partial charge < -0.3 is 10.4 Å². The van der Waals surface area contributed by atoms with Crippen LogP contribution in [0.3, 0.4) is 0 Å². The third-order valence-corrected chi connectivity index (χ3v) is 6.67. The zero-order valence-electron chi connectivity index (χ0n) is 14.5. The van der Waals surface area contributed by atoms with Crippen LogP contribution < -0.4 is 10.0 Å². The molecule has 10 heteroatoms. The topological polar surface area (TPSA) is 121 Å². The van der Waals surface area contributed by atoms with Crippen LogP contribution in [-0.2, 0) is 14.8 Å². The van der Waals surface area contributed by atoms with Gasteiger partial charge in [0.15, 0.2) is 0 Å². The second-order valence-electron chi connectivity index (χ2n) is 6.09. The van der Waals surface area contributed by atoms with E-state index in [9.17, 15) is 13.2 Å². The largest absolute Gasteiger partial charge is 0.395 e. The number of thiazole rings is 1. The quantitative estimate of drug-likeness (QED) is 0.531. The molecule has 0 radical (unpaired) electrons. The lowest BCUT2D eigenvalue weighted by atomic mass is 10.0. The van der Waals surface area contributed by atoms with E-state index < -0.39 is 15.9 Å². The fourth-order valence-corrected chi connectivity index (χ4v) is 4.88. The summed E-state index contributed by atoms with van der Waals surface area (Å²) < 4.78 is 27.3. The maximum Gasteiger partial charge on any atom is 0.240 e. The van der Waals surface area contributed by atoms with Crippen LogP contribution in [0.15, 0.2) is 51.8 Å². The highest BCUT2D eigenvalue weighted by Gasteiger charge is 2.31. The monoisotopic (exact) mass is 416 g/mol. The molecule has 1 aliphatic heterocycles. The summed E-state index contributed by atoms with van der Waals surface area (Å²) in [6.07, 6.45) is 1.56. The molecule has 2 aromatic carbocycles. The zero-order chi connectivity index (χ0) is 19.7. The molecule has 1 aliphatic rings. The van der Waals surface area contributed by atoms with E-state index in [1.54, 1.807) is 23.9 Å². The van der Waals surface area contributed by atoms with Crippen LogP contribution in [0.2, 0.25) is 0 Å². The Labute approximate surface area is 165 Å². The number of aliphatic imine (C=N–C) groups is 1. The lowest BCUT2D eigenvalue weighted by molar-refractivity contribution is -0.115. The number of hydrogen-bond donors (Lipinski definition) is 3. The van der Waals surface area contributed by atoms with Crippen LogP contribution in [0, 0.1) is 0 Å². The normalized spacial score (nSPS) is 16.6. The summed E-state index contributed by atoms with van der Waals surface area (Å²) in [6.45, 7) is -0.329. The van der Waals surface area contributed by atoms with Gasteiger partial charge in [0.1, 0.15) is 5.92 Å². The van der Waals surface area contributed by atoms with E-state index in [0.29, 0.717) is 5.69 Å². The first kappa shape index (κ1) is 18.7. The minimum absolute atomic E-state index is 0.0511. The number of anilines is 1. The molecule has 4 rings (SSSR count). The molecule has 3 aromatic rings. The Morgan fingerprint density at radius 3 is 2.79 bits per heavy atom. The number of carbonyl (C=O) groups excluding carboxylic acids is 1. The first-order valence-corrected chi connectivity index (χ1v) is 10.8. The summed E-state index contributed by atoms with van der Waals surface area (Å²) in [5.74, 6) is -0.694. The summed E-state index contributed by atoms with van der Waals surface area (Å²) in [6, 6.07) is 9.68. The van der Waals surface area contributed by atoms with Gasteiger partial charge in [-0.15, -0.1) is 11.3 Å².